The fraction of sp³-hybridized carbons (Fsp3) is 0.125. The molecule has 0 spiro atoms. The van der Waals surface area contributed by atoms with Crippen LogP contribution in [0.25, 0.3) is 0 Å². The number of hydrogen-bond donors (Lipinski definition) is 1. The van der Waals surface area contributed by atoms with Crippen LogP contribution in [-0.2, 0) is 11.2 Å². The number of alkyl halides is 1. The highest BCUT2D eigenvalue weighted by molar-refractivity contribution is 6.32. The van der Waals surface area contributed by atoms with Gasteiger partial charge in [0.2, 0.25) is 5.91 Å². The number of carbonyl (C=O) groups is 2. The Morgan fingerprint density at radius 3 is 2.50 bits per heavy atom. The van der Waals surface area contributed by atoms with Crippen LogP contribution < -0.4 is 5.32 Å². The molecule has 24 heavy (non-hydrogen) atoms. The molecule has 6 nitrogen and oxygen atoms in total. The van der Waals surface area contributed by atoms with Gasteiger partial charge in [0.25, 0.3) is 5.78 Å². The highest BCUT2D eigenvalue weighted by atomic mass is 35.5. The van der Waals surface area contributed by atoms with Crippen molar-refractivity contribution < 1.29 is 18.9 Å². The highest BCUT2D eigenvalue weighted by Crippen LogP contribution is 2.15. The third kappa shape index (κ3) is 4.60. The van der Waals surface area contributed by atoms with E-state index in [-0.39, 0.29) is 17.9 Å². The molecule has 2 rings (SSSR count). The van der Waals surface area contributed by atoms with Crippen molar-refractivity contribution in [3.8, 4) is 0 Å². The molecule has 1 N–H and O–H groups in total. The number of benzene rings is 2. The largest absolute Gasteiger partial charge is 0.348 e. The van der Waals surface area contributed by atoms with Gasteiger partial charge in [0.1, 0.15) is 5.82 Å². The Labute approximate surface area is 141 Å². The molecule has 2 aromatic carbocycles. The van der Waals surface area contributed by atoms with Crippen molar-refractivity contribution in [1.82, 2.24) is 0 Å². The Morgan fingerprint density at radius 1 is 1.21 bits per heavy atom. The van der Waals surface area contributed by atoms with Gasteiger partial charge >= 0.3 is 5.50 Å². The maximum Gasteiger partial charge on any atom is 0.348 e. The van der Waals surface area contributed by atoms with Crippen LogP contribution in [0.3, 0.4) is 0 Å². The first-order valence-electron chi connectivity index (χ1n) is 6.83. The lowest BCUT2D eigenvalue weighted by Crippen LogP contribution is -2.23. The van der Waals surface area contributed by atoms with Crippen LogP contribution in [0.2, 0.25) is 0 Å². The lowest BCUT2D eigenvalue weighted by molar-refractivity contribution is -0.482. The minimum atomic E-state index is -1.88. The Hall–Kier alpha value is -2.80. The number of nitrogens with one attached hydrogen (secondary N) is 1. The van der Waals surface area contributed by atoms with Crippen molar-refractivity contribution in [2.45, 2.75) is 11.9 Å². The monoisotopic (exact) mass is 350 g/mol. The Kier molecular flexibility index (Phi) is 5.59. The van der Waals surface area contributed by atoms with Crippen LogP contribution in [0.15, 0.2) is 48.5 Å². The number of ketones is 1. The second-order valence-electron chi connectivity index (χ2n) is 4.92. The summed E-state index contributed by atoms with van der Waals surface area (Å²) in [4.78, 5) is 33.5. The molecule has 8 heteroatoms. The van der Waals surface area contributed by atoms with Crippen LogP contribution in [0.5, 0.6) is 0 Å². The number of nitro groups is 1. The molecule has 0 aromatic heterocycles. The minimum absolute atomic E-state index is 0.0193. The molecule has 0 saturated heterocycles. The molecule has 0 bridgehead atoms. The molecular formula is C16H12ClFN2O4. The van der Waals surface area contributed by atoms with E-state index < -0.39 is 22.0 Å². The van der Waals surface area contributed by atoms with Crippen LogP contribution in [0.4, 0.5) is 10.1 Å². The van der Waals surface area contributed by atoms with Crippen molar-refractivity contribution in [1.29, 1.82) is 0 Å². The van der Waals surface area contributed by atoms with Gasteiger partial charge in [-0.2, -0.15) is 0 Å². The normalized spacial score (nSPS) is 11.6. The number of rotatable bonds is 6. The zero-order chi connectivity index (χ0) is 17.7. The third-order valence-corrected chi connectivity index (χ3v) is 3.47. The van der Waals surface area contributed by atoms with E-state index in [1.54, 1.807) is 0 Å². The van der Waals surface area contributed by atoms with Gasteiger partial charge in [-0.15, -0.1) is 0 Å². The van der Waals surface area contributed by atoms with Crippen LogP contribution in [0.1, 0.15) is 15.9 Å². The zero-order valence-corrected chi connectivity index (χ0v) is 13.0. The van der Waals surface area contributed by atoms with Crippen LogP contribution in [0, 0.1) is 15.9 Å². The predicted octanol–water partition coefficient (Wildman–Crippen LogP) is 3.03. The summed E-state index contributed by atoms with van der Waals surface area (Å²) in [5.74, 6) is -1.63. The third-order valence-electron chi connectivity index (χ3n) is 3.11. The topological polar surface area (TPSA) is 89.3 Å². The first kappa shape index (κ1) is 17.6. The highest BCUT2D eigenvalue weighted by Gasteiger charge is 2.27. The van der Waals surface area contributed by atoms with Crippen molar-refractivity contribution in [2.24, 2.45) is 0 Å². The smallest absolute Gasteiger partial charge is 0.326 e. The lowest BCUT2D eigenvalue weighted by Gasteiger charge is -2.07. The number of Topliss-reactive ketones (excluding diaryl/α,β-unsaturated/α-hetero) is 1. The standard InChI is InChI=1S/C16H12ClFN2O4/c17-16(20(23)24)15(22)11-2-1-3-13(9-11)19-14(21)8-10-4-6-12(18)7-5-10/h1-7,9,16H,8H2,(H,19,21). The van der Waals surface area contributed by atoms with Crippen LogP contribution in [-0.4, -0.2) is 22.1 Å². The number of anilines is 1. The average Bonchev–Trinajstić information content (AvgIpc) is 2.55. The summed E-state index contributed by atoms with van der Waals surface area (Å²) in [5.41, 5.74) is -0.933. The van der Waals surface area contributed by atoms with E-state index in [0.29, 0.717) is 11.3 Å². The van der Waals surface area contributed by atoms with Gasteiger partial charge in [0, 0.05) is 16.2 Å². The number of carbonyl (C=O) groups excluding carboxylic acids is 2. The lowest BCUT2D eigenvalue weighted by atomic mass is 10.1. The molecule has 2 aromatic rings. The Bertz CT molecular complexity index is 780. The quantitative estimate of drug-likeness (QED) is 0.285. The van der Waals surface area contributed by atoms with Crippen molar-refractivity contribution in [3.05, 3.63) is 75.6 Å². The van der Waals surface area contributed by atoms with Gasteiger partial charge in [-0.1, -0.05) is 24.3 Å². The summed E-state index contributed by atoms with van der Waals surface area (Å²) in [5, 5.41) is 13.1. The summed E-state index contributed by atoms with van der Waals surface area (Å²) < 4.78 is 12.8. The maximum atomic E-state index is 12.8. The molecule has 1 atom stereocenters. The van der Waals surface area contributed by atoms with Gasteiger partial charge in [-0.25, -0.2) is 4.39 Å². The molecule has 124 valence electrons. The van der Waals surface area contributed by atoms with E-state index in [2.05, 4.69) is 5.32 Å². The van der Waals surface area contributed by atoms with Crippen LogP contribution >= 0.6 is 11.6 Å². The minimum Gasteiger partial charge on any atom is -0.326 e. The summed E-state index contributed by atoms with van der Waals surface area (Å²) in [6.07, 6.45) is 0.0193. The Balaban J connectivity index is 2.06. The average molecular weight is 351 g/mol. The van der Waals surface area contributed by atoms with Gasteiger partial charge in [0.05, 0.1) is 6.42 Å². The Morgan fingerprint density at radius 2 is 1.88 bits per heavy atom. The molecule has 0 heterocycles. The molecule has 0 aliphatic rings. The number of amides is 1. The maximum absolute atomic E-state index is 12.8. The molecule has 1 amide bonds. The van der Waals surface area contributed by atoms with E-state index in [0.717, 1.165) is 0 Å². The molecule has 0 radical (unpaired) electrons. The van der Waals surface area contributed by atoms with Crippen molar-refractivity contribution in [2.75, 3.05) is 5.32 Å². The number of nitrogens with zero attached hydrogens (tertiary/aromatic N) is 1. The molecule has 0 fully saturated rings. The predicted molar refractivity (Wildman–Crippen MR) is 86.1 cm³/mol. The number of halogens is 2. The first-order valence-corrected chi connectivity index (χ1v) is 7.26. The summed E-state index contributed by atoms with van der Waals surface area (Å²) >= 11 is 5.41. The fourth-order valence-electron chi connectivity index (χ4n) is 1.98. The molecular weight excluding hydrogens is 339 g/mol. The molecule has 0 aliphatic heterocycles. The first-order chi connectivity index (χ1) is 11.4. The fourth-order valence-corrected chi connectivity index (χ4v) is 2.10. The van der Waals surface area contributed by atoms with Crippen molar-refractivity contribution in [3.63, 3.8) is 0 Å². The molecule has 0 aliphatic carbocycles. The van der Waals surface area contributed by atoms with E-state index in [9.17, 15) is 24.1 Å². The van der Waals surface area contributed by atoms with E-state index in [1.165, 1.54) is 48.5 Å². The SMILES string of the molecule is O=C(Cc1ccc(F)cc1)Nc1cccc(C(=O)C(Cl)[N+](=O)[O-])c1. The summed E-state index contributed by atoms with van der Waals surface area (Å²) in [6, 6.07) is 11.2. The summed E-state index contributed by atoms with van der Waals surface area (Å²) in [7, 11) is 0. The second kappa shape index (κ2) is 7.65. The number of hydrogen-bond acceptors (Lipinski definition) is 4. The molecule has 1 unspecified atom stereocenters. The summed E-state index contributed by atoms with van der Waals surface area (Å²) in [6.45, 7) is 0. The zero-order valence-electron chi connectivity index (χ0n) is 12.2. The van der Waals surface area contributed by atoms with Gasteiger partial charge in [0.15, 0.2) is 0 Å². The van der Waals surface area contributed by atoms with Gasteiger partial charge < -0.3 is 5.32 Å². The molecule has 0 saturated carbocycles. The van der Waals surface area contributed by atoms with Crippen molar-refractivity contribution >= 4 is 29.0 Å². The second-order valence-corrected chi connectivity index (χ2v) is 5.33. The van der Waals surface area contributed by atoms with Gasteiger partial charge in [-0.05, 0) is 41.4 Å². The van der Waals surface area contributed by atoms with E-state index in [1.807, 2.05) is 0 Å². The van der Waals surface area contributed by atoms with E-state index in [4.69, 9.17) is 11.6 Å². The van der Waals surface area contributed by atoms with E-state index >= 15 is 0 Å². The van der Waals surface area contributed by atoms with Gasteiger partial charge in [-0.3, -0.25) is 19.7 Å².